The van der Waals surface area contributed by atoms with Crippen LogP contribution in [0, 0.1) is 0 Å². The Balaban J connectivity index is 2.91. The Morgan fingerprint density at radius 2 is 0.636 bits per heavy atom. The largest absolute Gasteiger partial charge is 0.165 e. The van der Waals surface area contributed by atoms with Crippen molar-refractivity contribution in [3.8, 4) is 0 Å². The second-order valence-electron chi connectivity index (χ2n) is 6.19. The fraction of sp³-hybridized carbons (Fsp3) is 1.00. The van der Waals surface area contributed by atoms with Gasteiger partial charge in [-0.2, -0.15) is 35.3 Å². The van der Waals surface area contributed by atoms with Gasteiger partial charge in [-0.25, -0.2) is 0 Å². The van der Waals surface area contributed by atoms with Crippen LogP contribution < -0.4 is 0 Å². The van der Waals surface area contributed by atoms with Crippen molar-refractivity contribution in [2.24, 2.45) is 0 Å². The second kappa shape index (κ2) is 22.1. The molecule has 0 aliphatic heterocycles. The Bertz CT molecular complexity index is 166. The van der Waals surface area contributed by atoms with E-state index in [1.807, 2.05) is 23.5 Å². The average Bonchev–Trinajstić information content (AvgIpc) is 2.54. The number of hydrogen-bond donors (Lipinski definition) is 0. The molecular weight excluding hydrogens is 324 g/mol. The molecule has 0 unspecified atom stereocenters. The van der Waals surface area contributed by atoms with E-state index in [4.69, 9.17) is 0 Å². The van der Waals surface area contributed by atoms with Crippen LogP contribution in [0.25, 0.3) is 0 Å². The Labute approximate surface area is 154 Å². The Morgan fingerprint density at radius 1 is 0.364 bits per heavy atom. The topological polar surface area (TPSA) is 0 Å². The van der Waals surface area contributed by atoms with Crippen LogP contribution in [0.2, 0.25) is 0 Å². The molecule has 0 spiro atoms. The van der Waals surface area contributed by atoms with Gasteiger partial charge in [0.1, 0.15) is 0 Å². The summed E-state index contributed by atoms with van der Waals surface area (Å²) in [4.78, 5) is 0. The molecule has 0 nitrogen and oxygen atoms in total. The van der Waals surface area contributed by atoms with Crippen LogP contribution in [0.15, 0.2) is 0 Å². The molecule has 0 saturated carbocycles. The van der Waals surface area contributed by atoms with Gasteiger partial charge in [-0.05, 0) is 61.2 Å². The molecule has 0 aromatic rings. The zero-order valence-corrected chi connectivity index (χ0v) is 17.7. The zero-order chi connectivity index (χ0) is 16.1. The van der Waals surface area contributed by atoms with E-state index < -0.39 is 0 Å². The maximum atomic E-state index is 2.21. The molecule has 134 valence electrons. The second-order valence-corrected chi connectivity index (χ2v) is 9.39. The highest BCUT2D eigenvalue weighted by Gasteiger charge is 1.95. The molecule has 0 bridgehead atoms. The number of rotatable bonds is 19. The monoisotopic (exact) mass is 364 g/mol. The van der Waals surface area contributed by atoms with Crippen molar-refractivity contribution < 1.29 is 0 Å². The van der Waals surface area contributed by atoms with Crippen LogP contribution >= 0.6 is 35.3 Å². The minimum Gasteiger partial charge on any atom is -0.165 e. The SMILES string of the molecule is CSCCCCCCCCCSCCCCCCCCSC. The molecule has 0 radical (unpaired) electrons. The number of unbranched alkanes of at least 4 members (excludes halogenated alkanes) is 11. The van der Waals surface area contributed by atoms with E-state index in [9.17, 15) is 0 Å². The van der Waals surface area contributed by atoms with Gasteiger partial charge in [0.05, 0.1) is 0 Å². The fourth-order valence-electron chi connectivity index (χ4n) is 2.59. The van der Waals surface area contributed by atoms with E-state index in [0.29, 0.717) is 0 Å². The van der Waals surface area contributed by atoms with Crippen molar-refractivity contribution >= 4 is 35.3 Å². The molecule has 0 saturated heterocycles. The molecular formula is C19H40S3. The third-order valence-electron chi connectivity index (χ3n) is 4.02. The minimum absolute atomic E-state index is 1.35. The molecule has 0 amide bonds. The van der Waals surface area contributed by atoms with Crippen LogP contribution in [-0.4, -0.2) is 35.5 Å². The molecule has 0 fully saturated rings. The highest BCUT2D eigenvalue weighted by molar-refractivity contribution is 7.99. The predicted octanol–water partition coefficient (Wildman–Crippen LogP) is 7.52. The Hall–Kier alpha value is 1.05. The van der Waals surface area contributed by atoms with Gasteiger partial charge in [-0.3, -0.25) is 0 Å². The van der Waals surface area contributed by atoms with E-state index in [1.165, 1.54) is 106 Å². The van der Waals surface area contributed by atoms with Crippen LogP contribution in [-0.2, 0) is 0 Å². The summed E-state index contributed by atoms with van der Waals surface area (Å²) in [6.07, 6.45) is 23.3. The van der Waals surface area contributed by atoms with Gasteiger partial charge in [0, 0.05) is 0 Å². The Kier molecular flexibility index (Phi) is 23.1. The minimum atomic E-state index is 1.35. The molecule has 0 atom stereocenters. The van der Waals surface area contributed by atoms with E-state index in [-0.39, 0.29) is 0 Å². The average molecular weight is 365 g/mol. The molecule has 22 heavy (non-hydrogen) atoms. The van der Waals surface area contributed by atoms with Crippen LogP contribution in [0.5, 0.6) is 0 Å². The van der Waals surface area contributed by atoms with Crippen molar-refractivity contribution in [1.29, 1.82) is 0 Å². The standard InChI is InChI=1S/C19H40S3/c1-20-16-12-8-4-3-5-10-14-18-22-19-15-11-7-6-9-13-17-21-2/h3-19H2,1-2H3. The van der Waals surface area contributed by atoms with E-state index >= 15 is 0 Å². The van der Waals surface area contributed by atoms with E-state index in [0.717, 1.165) is 0 Å². The summed E-state index contributed by atoms with van der Waals surface area (Å²) >= 11 is 6.17. The summed E-state index contributed by atoms with van der Waals surface area (Å²) in [5, 5.41) is 0. The molecule has 3 heteroatoms. The van der Waals surface area contributed by atoms with Crippen molar-refractivity contribution in [2.45, 2.75) is 83.5 Å². The first-order valence-corrected chi connectivity index (χ1v) is 13.4. The smallest absolute Gasteiger partial charge is 0.00675 e. The first kappa shape index (κ1) is 23.1. The quantitative estimate of drug-likeness (QED) is 0.217. The van der Waals surface area contributed by atoms with Gasteiger partial charge in [-0.1, -0.05) is 57.8 Å². The summed E-state index contributed by atoms with van der Waals surface area (Å²) in [5.41, 5.74) is 0. The molecule has 0 N–H and O–H groups in total. The van der Waals surface area contributed by atoms with E-state index in [1.54, 1.807) is 0 Å². The van der Waals surface area contributed by atoms with Gasteiger partial charge in [-0.15, -0.1) is 0 Å². The van der Waals surface area contributed by atoms with Gasteiger partial charge in [0.2, 0.25) is 0 Å². The van der Waals surface area contributed by atoms with Crippen molar-refractivity contribution in [2.75, 3.05) is 35.5 Å². The van der Waals surface area contributed by atoms with Gasteiger partial charge < -0.3 is 0 Å². The molecule has 0 heterocycles. The van der Waals surface area contributed by atoms with E-state index in [2.05, 4.69) is 24.3 Å². The van der Waals surface area contributed by atoms with Crippen LogP contribution in [0.4, 0.5) is 0 Å². The number of thioether (sulfide) groups is 3. The summed E-state index contributed by atoms with van der Waals surface area (Å²) in [7, 11) is 0. The highest BCUT2D eigenvalue weighted by Crippen LogP contribution is 2.14. The molecule has 0 aliphatic carbocycles. The molecule has 0 aromatic carbocycles. The molecule has 0 aliphatic rings. The predicted molar refractivity (Wildman–Crippen MR) is 114 cm³/mol. The third kappa shape index (κ3) is 21.0. The first-order valence-electron chi connectivity index (χ1n) is 9.47. The third-order valence-corrected chi connectivity index (χ3v) is 6.57. The summed E-state index contributed by atoms with van der Waals surface area (Å²) in [6, 6.07) is 0. The van der Waals surface area contributed by atoms with Gasteiger partial charge >= 0.3 is 0 Å². The maximum absolute atomic E-state index is 2.21. The summed E-state index contributed by atoms with van der Waals surface area (Å²) in [5.74, 6) is 5.52. The lowest BCUT2D eigenvalue weighted by Crippen LogP contribution is -1.87. The van der Waals surface area contributed by atoms with Crippen molar-refractivity contribution in [3.63, 3.8) is 0 Å². The lowest BCUT2D eigenvalue weighted by molar-refractivity contribution is 0.605. The van der Waals surface area contributed by atoms with Gasteiger partial charge in [0.25, 0.3) is 0 Å². The van der Waals surface area contributed by atoms with Crippen LogP contribution in [0.1, 0.15) is 83.5 Å². The maximum Gasteiger partial charge on any atom is -0.00675 e. The lowest BCUT2D eigenvalue weighted by Gasteiger charge is -2.03. The highest BCUT2D eigenvalue weighted by atomic mass is 32.2. The van der Waals surface area contributed by atoms with Crippen molar-refractivity contribution in [1.82, 2.24) is 0 Å². The van der Waals surface area contributed by atoms with Gasteiger partial charge in [0.15, 0.2) is 0 Å². The zero-order valence-electron chi connectivity index (χ0n) is 15.2. The first-order chi connectivity index (χ1) is 10.9. The molecule has 0 aromatic heterocycles. The fourth-order valence-corrected chi connectivity index (χ4v) is 4.60. The van der Waals surface area contributed by atoms with Crippen molar-refractivity contribution in [3.05, 3.63) is 0 Å². The summed E-state index contributed by atoms with van der Waals surface area (Å²) < 4.78 is 0. The Morgan fingerprint density at radius 3 is 0.955 bits per heavy atom. The van der Waals surface area contributed by atoms with Crippen LogP contribution in [0.3, 0.4) is 0 Å². The molecule has 0 rings (SSSR count). The number of hydrogen-bond acceptors (Lipinski definition) is 3. The lowest BCUT2D eigenvalue weighted by atomic mass is 10.1. The normalized spacial score (nSPS) is 11.2. The summed E-state index contributed by atoms with van der Waals surface area (Å²) in [6.45, 7) is 0.